The molecule has 0 N–H and O–H groups in total. The van der Waals surface area contributed by atoms with E-state index < -0.39 is 0 Å². The molecule has 92 valence electrons. The van der Waals surface area contributed by atoms with Crippen LogP contribution in [0.2, 0.25) is 0 Å². The van der Waals surface area contributed by atoms with Gasteiger partial charge in [-0.05, 0) is 37.1 Å². The molecule has 0 saturated carbocycles. The van der Waals surface area contributed by atoms with E-state index in [1.54, 1.807) is 0 Å². The molecular weight excluding hydrogens is 278 g/mol. The van der Waals surface area contributed by atoms with Crippen molar-refractivity contribution in [2.75, 3.05) is 11.4 Å². The highest BCUT2D eigenvalue weighted by atomic mass is 79.9. The summed E-state index contributed by atoms with van der Waals surface area (Å²) in [5.41, 5.74) is 3.44. The van der Waals surface area contributed by atoms with E-state index in [1.807, 2.05) is 11.8 Å². The Hall–Kier alpha value is -0.830. The molecule has 2 nitrogen and oxygen atoms in total. The van der Waals surface area contributed by atoms with Gasteiger partial charge in [-0.3, -0.25) is 4.79 Å². The molecule has 1 aromatic rings. The van der Waals surface area contributed by atoms with E-state index in [0.29, 0.717) is 6.42 Å². The van der Waals surface area contributed by atoms with Gasteiger partial charge in [0.1, 0.15) is 0 Å². The summed E-state index contributed by atoms with van der Waals surface area (Å²) < 4.78 is 1.12. The number of carbonyl (C=O) groups excluding carboxylic acids is 1. The Morgan fingerprint density at radius 2 is 2.06 bits per heavy atom. The summed E-state index contributed by atoms with van der Waals surface area (Å²) in [5.74, 6) is 0.228. The second-order valence-corrected chi connectivity index (χ2v) is 6.17. The number of nitrogens with zero attached hydrogens (tertiary/aromatic N) is 1. The van der Waals surface area contributed by atoms with Gasteiger partial charge in [0.2, 0.25) is 5.91 Å². The average Bonchev–Trinajstić information content (AvgIpc) is 2.21. The van der Waals surface area contributed by atoms with Crippen molar-refractivity contribution in [1.29, 1.82) is 0 Å². The quantitative estimate of drug-likeness (QED) is 0.772. The molecule has 2 rings (SSSR count). The van der Waals surface area contributed by atoms with Gasteiger partial charge in [-0.15, -0.1) is 0 Å². The Morgan fingerprint density at radius 3 is 2.65 bits per heavy atom. The van der Waals surface area contributed by atoms with Crippen LogP contribution in [0.3, 0.4) is 0 Å². The Bertz CT molecular complexity index is 479. The third kappa shape index (κ3) is 2.01. The van der Waals surface area contributed by atoms with Crippen molar-refractivity contribution in [3.8, 4) is 0 Å². The summed E-state index contributed by atoms with van der Waals surface area (Å²) in [6.07, 6.45) is 0.587. The summed E-state index contributed by atoms with van der Waals surface area (Å²) in [6, 6.07) is 4.28. The van der Waals surface area contributed by atoms with E-state index in [-0.39, 0.29) is 11.3 Å². The molecule has 1 aromatic carbocycles. The number of rotatable bonds is 1. The zero-order valence-electron chi connectivity index (χ0n) is 10.8. The molecule has 0 spiro atoms. The maximum absolute atomic E-state index is 12.1. The lowest BCUT2D eigenvalue weighted by Crippen LogP contribution is -2.41. The van der Waals surface area contributed by atoms with Crippen LogP contribution in [-0.4, -0.2) is 12.5 Å². The van der Waals surface area contributed by atoms with Crippen molar-refractivity contribution < 1.29 is 4.79 Å². The van der Waals surface area contributed by atoms with Crippen LogP contribution in [0, 0.1) is 6.92 Å². The Kier molecular flexibility index (Phi) is 3.06. The zero-order valence-corrected chi connectivity index (χ0v) is 12.4. The molecular formula is C14H18BrNO. The van der Waals surface area contributed by atoms with E-state index in [9.17, 15) is 4.79 Å². The predicted molar refractivity (Wildman–Crippen MR) is 74.5 cm³/mol. The van der Waals surface area contributed by atoms with E-state index >= 15 is 0 Å². The van der Waals surface area contributed by atoms with Gasteiger partial charge < -0.3 is 4.90 Å². The monoisotopic (exact) mass is 295 g/mol. The van der Waals surface area contributed by atoms with Gasteiger partial charge in [0.25, 0.3) is 0 Å². The summed E-state index contributed by atoms with van der Waals surface area (Å²) in [4.78, 5) is 14.0. The van der Waals surface area contributed by atoms with Crippen LogP contribution in [0.1, 0.15) is 38.3 Å². The number of hydrogen-bond donors (Lipinski definition) is 0. The number of benzene rings is 1. The van der Waals surface area contributed by atoms with E-state index in [4.69, 9.17) is 0 Å². The Labute approximate surface area is 111 Å². The van der Waals surface area contributed by atoms with Crippen LogP contribution in [0.4, 0.5) is 5.69 Å². The second-order valence-electron chi connectivity index (χ2n) is 5.32. The number of fused-ring (bicyclic) bond motifs is 1. The second kappa shape index (κ2) is 4.13. The Morgan fingerprint density at radius 1 is 1.41 bits per heavy atom. The maximum atomic E-state index is 12.1. The lowest BCUT2D eigenvalue weighted by Gasteiger charge is -2.38. The van der Waals surface area contributed by atoms with Gasteiger partial charge in [-0.1, -0.05) is 29.8 Å². The van der Waals surface area contributed by atoms with Crippen molar-refractivity contribution in [3.05, 3.63) is 27.7 Å². The molecule has 17 heavy (non-hydrogen) atoms. The average molecular weight is 296 g/mol. The third-order valence-electron chi connectivity index (χ3n) is 3.51. The number of aryl methyl sites for hydroxylation is 1. The fourth-order valence-electron chi connectivity index (χ4n) is 2.48. The molecule has 0 aliphatic carbocycles. The fraction of sp³-hybridized carbons (Fsp3) is 0.500. The number of carbonyl (C=O) groups is 1. The van der Waals surface area contributed by atoms with E-state index in [0.717, 1.165) is 16.7 Å². The SMILES string of the molecule is CCN1C(=O)CC(C)(C)c2cc(Br)c(C)cc21. The van der Waals surface area contributed by atoms with Crippen molar-refractivity contribution in [3.63, 3.8) is 0 Å². The highest BCUT2D eigenvalue weighted by Gasteiger charge is 2.36. The minimum Gasteiger partial charge on any atom is -0.312 e. The third-order valence-corrected chi connectivity index (χ3v) is 4.36. The molecule has 0 atom stereocenters. The Balaban J connectivity index is 2.67. The van der Waals surface area contributed by atoms with Crippen LogP contribution in [0.5, 0.6) is 0 Å². The van der Waals surface area contributed by atoms with Crippen LogP contribution in [0.15, 0.2) is 16.6 Å². The summed E-state index contributed by atoms with van der Waals surface area (Å²) >= 11 is 3.58. The molecule has 0 unspecified atom stereocenters. The van der Waals surface area contributed by atoms with Gasteiger partial charge in [0.15, 0.2) is 0 Å². The van der Waals surface area contributed by atoms with E-state index in [2.05, 4.69) is 48.8 Å². The number of hydrogen-bond acceptors (Lipinski definition) is 1. The normalized spacial score (nSPS) is 18.2. The van der Waals surface area contributed by atoms with Gasteiger partial charge in [-0.2, -0.15) is 0 Å². The number of halogens is 1. The first-order chi connectivity index (χ1) is 7.86. The number of anilines is 1. The molecule has 1 aliphatic rings. The molecule has 0 radical (unpaired) electrons. The maximum Gasteiger partial charge on any atom is 0.227 e. The topological polar surface area (TPSA) is 20.3 Å². The summed E-state index contributed by atoms with van der Waals surface area (Å²) in [6.45, 7) is 9.10. The van der Waals surface area contributed by atoms with Crippen molar-refractivity contribution in [2.24, 2.45) is 0 Å². The molecule has 0 bridgehead atoms. The zero-order chi connectivity index (χ0) is 12.8. The summed E-state index contributed by atoms with van der Waals surface area (Å²) in [7, 11) is 0. The fourth-order valence-corrected chi connectivity index (χ4v) is 2.82. The first-order valence-electron chi connectivity index (χ1n) is 5.98. The minimum absolute atomic E-state index is 0.0751. The van der Waals surface area contributed by atoms with Crippen LogP contribution < -0.4 is 4.90 Å². The lowest BCUT2D eigenvalue weighted by atomic mass is 9.77. The van der Waals surface area contributed by atoms with Crippen LogP contribution >= 0.6 is 15.9 Å². The smallest absolute Gasteiger partial charge is 0.227 e. The summed E-state index contributed by atoms with van der Waals surface area (Å²) in [5, 5.41) is 0. The molecule has 0 fully saturated rings. The molecule has 1 heterocycles. The first kappa shape index (κ1) is 12.6. The molecule has 1 aliphatic heterocycles. The van der Waals surface area contributed by atoms with Gasteiger partial charge in [0, 0.05) is 28.5 Å². The molecule has 0 saturated heterocycles. The van der Waals surface area contributed by atoms with Crippen molar-refractivity contribution in [2.45, 2.75) is 39.5 Å². The van der Waals surface area contributed by atoms with Crippen molar-refractivity contribution in [1.82, 2.24) is 0 Å². The van der Waals surface area contributed by atoms with Crippen molar-refractivity contribution >= 4 is 27.5 Å². The molecule has 1 amide bonds. The van der Waals surface area contributed by atoms with Gasteiger partial charge in [0.05, 0.1) is 0 Å². The van der Waals surface area contributed by atoms with Crippen LogP contribution in [-0.2, 0) is 10.2 Å². The van der Waals surface area contributed by atoms with E-state index in [1.165, 1.54) is 11.1 Å². The predicted octanol–water partition coefficient (Wildman–Crippen LogP) is 3.79. The van der Waals surface area contributed by atoms with Gasteiger partial charge in [-0.25, -0.2) is 0 Å². The lowest BCUT2D eigenvalue weighted by molar-refractivity contribution is -0.120. The van der Waals surface area contributed by atoms with Crippen LogP contribution in [0.25, 0.3) is 0 Å². The standard InChI is InChI=1S/C14H18BrNO/c1-5-16-12-6-9(2)11(15)7-10(12)14(3,4)8-13(16)17/h6-7H,5,8H2,1-4H3. The largest absolute Gasteiger partial charge is 0.312 e. The first-order valence-corrected chi connectivity index (χ1v) is 6.77. The highest BCUT2D eigenvalue weighted by Crippen LogP contribution is 2.42. The van der Waals surface area contributed by atoms with Gasteiger partial charge >= 0.3 is 0 Å². The minimum atomic E-state index is -0.0751. The number of amides is 1. The highest BCUT2D eigenvalue weighted by molar-refractivity contribution is 9.10. The molecule has 3 heteroatoms. The molecule has 0 aromatic heterocycles.